The summed E-state index contributed by atoms with van der Waals surface area (Å²) in [5.41, 5.74) is 0.199. The standard InChI is InChI=1S/C19H27F3N2O2/c1-13(14-8-6-5-7-9-14)23-16-10-11-24(12-15(16)19(20,21)22)17(25)26-18(2,3)4/h5-9,13,15-16,23H,10-12H2,1-4H3/t13-,15-,16+/m1/s1. The summed E-state index contributed by atoms with van der Waals surface area (Å²) in [7, 11) is 0. The van der Waals surface area contributed by atoms with E-state index in [9.17, 15) is 18.0 Å². The molecule has 26 heavy (non-hydrogen) atoms. The number of likely N-dealkylation sites (tertiary alicyclic amines) is 1. The van der Waals surface area contributed by atoms with Gasteiger partial charge in [-0.1, -0.05) is 30.3 Å². The number of piperidine rings is 1. The van der Waals surface area contributed by atoms with E-state index < -0.39 is 36.4 Å². The van der Waals surface area contributed by atoms with Crippen LogP contribution in [0.1, 0.15) is 45.7 Å². The minimum absolute atomic E-state index is 0.209. The van der Waals surface area contributed by atoms with Crippen molar-refractivity contribution in [2.45, 2.75) is 58.0 Å². The Morgan fingerprint density at radius 2 is 1.85 bits per heavy atom. The fraction of sp³-hybridized carbons (Fsp3) is 0.632. The Morgan fingerprint density at radius 3 is 2.38 bits per heavy atom. The minimum atomic E-state index is -4.39. The molecule has 1 amide bonds. The lowest BCUT2D eigenvalue weighted by molar-refractivity contribution is -0.193. The van der Waals surface area contributed by atoms with Crippen LogP contribution in [0.15, 0.2) is 30.3 Å². The number of carbonyl (C=O) groups is 1. The second-order valence-corrected chi connectivity index (χ2v) is 7.77. The molecule has 0 spiro atoms. The third-order valence-electron chi connectivity index (χ3n) is 4.45. The van der Waals surface area contributed by atoms with Gasteiger partial charge in [-0.05, 0) is 39.7 Å². The van der Waals surface area contributed by atoms with Crippen LogP contribution >= 0.6 is 0 Å². The number of nitrogens with zero attached hydrogens (tertiary/aromatic N) is 1. The number of alkyl halides is 3. The topological polar surface area (TPSA) is 41.6 Å². The largest absolute Gasteiger partial charge is 0.444 e. The second-order valence-electron chi connectivity index (χ2n) is 7.77. The van der Waals surface area contributed by atoms with Gasteiger partial charge >= 0.3 is 12.3 Å². The predicted molar refractivity (Wildman–Crippen MR) is 93.7 cm³/mol. The highest BCUT2D eigenvalue weighted by atomic mass is 19.4. The van der Waals surface area contributed by atoms with Gasteiger partial charge in [-0.3, -0.25) is 0 Å². The molecule has 1 aromatic rings. The van der Waals surface area contributed by atoms with Crippen LogP contribution in [0, 0.1) is 5.92 Å². The van der Waals surface area contributed by atoms with Gasteiger partial charge in [0.05, 0.1) is 5.92 Å². The van der Waals surface area contributed by atoms with E-state index in [1.807, 2.05) is 37.3 Å². The number of ether oxygens (including phenoxy) is 1. The average molecular weight is 372 g/mol. The van der Waals surface area contributed by atoms with Crippen LogP contribution < -0.4 is 5.32 Å². The molecule has 7 heteroatoms. The lowest BCUT2D eigenvalue weighted by Crippen LogP contribution is -2.56. The Balaban J connectivity index is 2.08. The highest BCUT2D eigenvalue weighted by molar-refractivity contribution is 5.68. The molecule has 1 saturated heterocycles. The zero-order valence-electron chi connectivity index (χ0n) is 15.6. The van der Waals surface area contributed by atoms with Crippen molar-refractivity contribution in [2.24, 2.45) is 5.92 Å². The number of halogens is 3. The first-order valence-electron chi connectivity index (χ1n) is 8.83. The molecular formula is C19H27F3N2O2. The Kier molecular flexibility index (Phi) is 6.21. The molecule has 1 fully saturated rings. The van der Waals surface area contributed by atoms with Gasteiger partial charge in [0, 0.05) is 25.2 Å². The third kappa shape index (κ3) is 5.62. The number of hydrogen-bond donors (Lipinski definition) is 1. The molecule has 0 radical (unpaired) electrons. The molecule has 3 atom stereocenters. The van der Waals surface area contributed by atoms with Crippen molar-refractivity contribution in [1.82, 2.24) is 10.2 Å². The zero-order valence-corrected chi connectivity index (χ0v) is 15.6. The van der Waals surface area contributed by atoms with Crippen molar-refractivity contribution in [3.63, 3.8) is 0 Å². The van der Waals surface area contributed by atoms with Crippen LogP contribution in [-0.2, 0) is 4.74 Å². The lowest BCUT2D eigenvalue weighted by Gasteiger charge is -2.41. The number of carbonyl (C=O) groups excluding carboxylic acids is 1. The van der Waals surface area contributed by atoms with Crippen LogP contribution in [0.2, 0.25) is 0 Å². The number of amides is 1. The average Bonchev–Trinajstić information content (AvgIpc) is 2.53. The van der Waals surface area contributed by atoms with E-state index >= 15 is 0 Å². The molecule has 1 N–H and O–H groups in total. The summed E-state index contributed by atoms with van der Waals surface area (Å²) >= 11 is 0. The van der Waals surface area contributed by atoms with Crippen LogP contribution in [0.25, 0.3) is 0 Å². The highest BCUT2D eigenvalue weighted by Crippen LogP contribution is 2.35. The van der Waals surface area contributed by atoms with Gasteiger partial charge in [-0.2, -0.15) is 13.2 Å². The van der Waals surface area contributed by atoms with Gasteiger partial charge in [-0.15, -0.1) is 0 Å². The molecule has 0 aliphatic carbocycles. The molecule has 2 rings (SSSR count). The Morgan fingerprint density at radius 1 is 1.23 bits per heavy atom. The maximum atomic E-state index is 13.6. The number of hydrogen-bond acceptors (Lipinski definition) is 3. The summed E-state index contributed by atoms with van der Waals surface area (Å²) in [5.74, 6) is -1.63. The van der Waals surface area contributed by atoms with Crippen molar-refractivity contribution in [2.75, 3.05) is 13.1 Å². The molecule has 1 aromatic carbocycles. The molecule has 0 bridgehead atoms. The smallest absolute Gasteiger partial charge is 0.410 e. The molecule has 1 aliphatic heterocycles. The normalized spacial score (nSPS) is 22.8. The van der Waals surface area contributed by atoms with E-state index in [0.717, 1.165) is 10.5 Å². The molecule has 1 aliphatic rings. The van der Waals surface area contributed by atoms with E-state index in [4.69, 9.17) is 4.74 Å². The quantitative estimate of drug-likeness (QED) is 0.848. The number of rotatable bonds is 3. The maximum absolute atomic E-state index is 13.6. The highest BCUT2D eigenvalue weighted by Gasteiger charge is 2.49. The summed E-state index contributed by atoms with van der Waals surface area (Å²) in [4.78, 5) is 13.3. The first-order valence-corrected chi connectivity index (χ1v) is 8.83. The Bertz CT molecular complexity index is 599. The Hall–Kier alpha value is -1.76. The van der Waals surface area contributed by atoms with E-state index in [1.165, 1.54) is 0 Å². The van der Waals surface area contributed by atoms with E-state index in [-0.39, 0.29) is 19.0 Å². The molecule has 4 nitrogen and oxygen atoms in total. The Labute approximate surface area is 152 Å². The molecule has 0 aromatic heterocycles. The monoisotopic (exact) mass is 372 g/mol. The van der Waals surface area contributed by atoms with Gasteiger partial charge in [0.15, 0.2) is 0 Å². The molecule has 0 unspecified atom stereocenters. The predicted octanol–water partition coefficient (Wildman–Crippen LogP) is 4.53. The minimum Gasteiger partial charge on any atom is -0.444 e. The van der Waals surface area contributed by atoms with E-state index in [0.29, 0.717) is 0 Å². The van der Waals surface area contributed by atoms with Crippen molar-refractivity contribution >= 4 is 6.09 Å². The van der Waals surface area contributed by atoms with Crippen LogP contribution in [0.5, 0.6) is 0 Å². The third-order valence-corrected chi connectivity index (χ3v) is 4.45. The van der Waals surface area contributed by atoms with Gasteiger partial charge < -0.3 is 15.0 Å². The number of nitrogens with one attached hydrogen (secondary N) is 1. The van der Waals surface area contributed by atoms with Crippen molar-refractivity contribution in [1.29, 1.82) is 0 Å². The van der Waals surface area contributed by atoms with Gasteiger partial charge in [0.1, 0.15) is 5.60 Å². The first kappa shape index (κ1) is 20.6. The molecule has 1 heterocycles. The van der Waals surface area contributed by atoms with E-state index in [2.05, 4.69) is 5.32 Å². The van der Waals surface area contributed by atoms with Crippen LogP contribution in [-0.4, -0.2) is 41.9 Å². The van der Waals surface area contributed by atoms with Gasteiger partial charge in [-0.25, -0.2) is 4.79 Å². The maximum Gasteiger partial charge on any atom is 0.410 e. The second kappa shape index (κ2) is 7.86. The fourth-order valence-electron chi connectivity index (χ4n) is 3.13. The summed E-state index contributed by atoms with van der Waals surface area (Å²) in [6, 6.07) is 8.41. The van der Waals surface area contributed by atoms with Gasteiger partial charge in [0.2, 0.25) is 0 Å². The SMILES string of the molecule is C[C@@H](N[C@H]1CCN(C(=O)OC(C)(C)C)C[C@H]1C(F)(F)F)c1ccccc1. The lowest BCUT2D eigenvalue weighted by atomic mass is 9.90. The van der Waals surface area contributed by atoms with Gasteiger partial charge in [0.25, 0.3) is 0 Å². The van der Waals surface area contributed by atoms with E-state index in [1.54, 1.807) is 20.8 Å². The number of benzene rings is 1. The summed E-state index contributed by atoms with van der Waals surface area (Å²) in [6.07, 6.45) is -4.86. The summed E-state index contributed by atoms with van der Waals surface area (Å²) in [5, 5.41) is 3.10. The van der Waals surface area contributed by atoms with Crippen molar-refractivity contribution in [3.8, 4) is 0 Å². The summed E-state index contributed by atoms with van der Waals surface area (Å²) in [6.45, 7) is 6.78. The first-order chi connectivity index (χ1) is 12.0. The van der Waals surface area contributed by atoms with Crippen molar-refractivity contribution in [3.05, 3.63) is 35.9 Å². The van der Waals surface area contributed by atoms with Crippen molar-refractivity contribution < 1.29 is 22.7 Å². The molecule has 146 valence electrons. The summed E-state index contributed by atoms with van der Waals surface area (Å²) < 4.78 is 46.0. The molecule has 0 saturated carbocycles. The van der Waals surface area contributed by atoms with Crippen LogP contribution in [0.4, 0.5) is 18.0 Å². The van der Waals surface area contributed by atoms with Crippen LogP contribution in [0.3, 0.4) is 0 Å². The molecular weight excluding hydrogens is 345 g/mol. The fourth-order valence-corrected chi connectivity index (χ4v) is 3.13. The zero-order chi connectivity index (χ0) is 19.5.